The molecule has 1 aromatic heterocycles. The number of hydrogen-bond donors (Lipinski definition) is 1. The normalized spacial score (nSPS) is 25.8. The van der Waals surface area contributed by atoms with Crippen LogP contribution in [0.1, 0.15) is 19.5 Å². The number of carbonyl (C=O) groups is 1. The summed E-state index contributed by atoms with van der Waals surface area (Å²) in [6.45, 7) is 5.95. The average molecular weight is 314 g/mol. The zero-order valence-electron chi connectivity index (χ0n) is 12.3. The number of anilines is 1. The topological polar surface area (TPSA) is 58.1 Å². The van der Waals surface area contributed by atoms with Gasteiger partial charge in [-0.3, -0.25) is 4.79 Å². The van der Waals surface area contributed by atoms with E-state index < -0.39 is 11.9 Å². The van der Waals surface area contributed by atoms with Crippen molar-refractivity contribution in [3.05, 3.63) is 18.1 Å². The minimum Gasteiger partial charge on any atom is -0.360 e. The average Bonchev–Trinajstić information content (AvgIpc) is 2.81. The fourth-order valence-electron chi connectivity index (χ4n) is 3.18. The number of rotatable bonds is 3. The van der Waals surface area contributed by atoms with Gasteiger partial charge in [-0.2, -0.15) is 13.2 Å². The zero-order chi connectivity index (χ0) is 16.1. The number of fused-ring (bicyclic) bond motifs is 1. The lowest BCUT2D eigenvalue weighted by molar-refractivity contribution is -0.141. The second kappa shape index (κ2) is 4.82. The molecule has 1 aromatic rings. The quantitative estimate of drug-likeness (QED) is 0.927. The van der Waals surface area contributed by atoms with Crippen molar-refractivity contribution in [1.82, 2.24) is 14.9 Å². The smallest absolute Gasteiger partial charge is 0.360 e. The van der Waals surface area contributed by atoms with Gasteiger partial charge in [0, 0.05) is 13.1 Å². The predicted molar refractivity (Wildman–Crippen MR) is 72.9 cm³/mol. The van der Waals surface area contributed by atoms with Crippen molar-refractivity contribution in [2.75, 3.05) is 25.0 Å². The van der Waals surface area contributed by atoms with E-state index in [4.69, 9.17) is 0 Å². The van der Waals surface area contributed by atoms with E-state index in [1.165, 1.54) is 0 Å². The Labute approximate surface area is 125 Å². The van der Waals surface area contributed by atoms with Crippen LogP contribution in [0.25, 0.3) is 0 Å². The van der Waals surface area contributed by atoms with E-state index in [1.54, 1.807) is 4.90 Å². The highest BCUT2D eigenvalue weighted by molar-refractivity contribution is 5.81. The van der Waals surface area contributed by atoms with Crippen molar-refractivity contribution in [1.29, 1.82) is 0 Å². The predicted octanol–water partition coefficient (Wildman–Crippen LogP) is 2.02. The first-order chi connectivity index (χ1) is 10.2. The molecule has 0 bridgehead atoms. The monoisotopic (exact) mass is 314 g/mol. The number of hydrogen-bond acceptors (Lipinski definition) is 4. The number of nitrogens with one attached hydrogen (secondary N) is 1. The molecular weight excluding hydrogens is 297 g/mol. The van der Waals surface area contributed by atoms with Gasteiger partial charge in [0.25, 0.3) is 0 Å². The fraction of sp³-hybridized carbons (Fsp3) is 0.643. The summed E-state index contributed by atoms with van der Waals surface area (Å²) in [5.74, 6) is 1.24. The third-order valence-corrected chi connectivity index (χ3v) is 4.84. The summed E-state index contributed by atoms with van der Waals surface area (Å²) in [4.78, 5) is 20.8. The van der Waals surface area contributed by atoms with Crippen molar-refractivity contribution in [2.45, 2.75) is 20.0 Å². The molecule has 1 amide bonds. The van der Waals surface area contributed by atoms with Gasteiger partial charge < -0.3 is 10.2 Å². The van der Waals surface area contributed by atoms with Crippen LogP contribution in [0, 0.1) is 17.3 Å². The van der Waals surface area contributed by atoms with E-state index in [0.29, 0.717) is 23.4 Å². The van der Waals surface area contributed by atoms with Gasteiger partial charge in [0.05, 0.1) is 18.9 Å². The lowest BCUT2D eigenvalue weighted by Gasteiger charge is -2.22. The van der Waals surface area contributed by atoms with Crippen molar-refractivity contribution in [3.63, 3.8) is 0 Å². The first kappa shape index (κ1) is 15.1. The third kappa shape index (κ3) is 2.62. The lowest BCUT2D eigenvalue weighted by Crippen LogP contribution is -2.36. The van der Waals surface area contributed by atoms with Crippen LogP contribution in [0.15, 0.2) is 12.4 Å². The molecule has 0 spiro atoms. The number of aromatic nitrogens is 2. The molecule has 1 aliphatic carbocycles. The van der Waals surface area contributed by atoms with Crippen LogP contribution in [-0.2, 0) is 11.0 Å². The molecule has 3 rings (SSSR count). The molecule has 1 saturated heterocycles. The number of carbonyl (C=O) groups excluding carboxylic acids is 1. The molecule has 0 aromatic carbocycles. The van der Waals surface area contributed by atoms with E-state index >= 15 is 0 Å². The van der Waals surface area contributed by atoms with Gasteiger partial charge in [-0.05, 0) is 17.3 Å². The van der Waals surface area contributed by atoms with Crippen LogP contribution in [-0.4, -0.2) is 40.4 Å². The van der Waals surface area contributed by atoms with Gasteiger partial charge in [0.1, 0.15) is 5.82 Å². The molecule has 120 valence electrons. The summed E-state index contributed by atoms with van der Waals surface area (Å²) in [5.41, 5.74) is -0.713. The van der Waals surface area contributed by atoms with Crippen LogP contribution in [0.3, 0.4) is 0 Å². The maximum absolute atomic E-state index is 12.4. The van der Waals surface area contributed by atoms with Gasteiger partial charge >= 0.3 is 6.18 Å². The second-order valence-corrected chi connectivity index (χ2v) is 6.47. The number of piperidine rings is 1. The third-order valence-electron chi connectivity index (χ3n) is 4.84. The van der Waals surface area contributed by atoms with Crippen LogP contribution in [0.4, 0.5) is 19.0 Å². The van der Waals surface area contributed by atoms with Gasteiger partial charge in [0.15, 0.2) is 5.69 Å². The summed E-state index contributed by atoms with van der Waals surface area (Å²) < 4.78 is 37.1. The van der Waals surface area contributed by atoms with E-state index in [1.807, 2.05) is 0 Å². The van der Waals surface area contributed by atoms with Crippen LogP contribution >= 0.6 is 0 Å². The van der Waals surface area contributed by atoms with Gasteiger partial charge in [-0.1, -0.05) is 13.8 Å². The van der Waals surface area contributed by atoms with Crippen LogP contribution in [0.5, 0.6) is 0 Å². The minimum atomic E-state index is -4.51. The van der Waals surface area contributed by atoms with E-state index in [0.717, 1.165) is 19.3 Å². The van der Waals surface area contributed by atoms with Gasteiger partial charge in [0.2, 0.25) is 5.91 Å². The molecular formula is C14H17F3N4O. The Balaban J connectivity index is 1.50. The Morgan fingerprint density at radius 2 is 1.95 bits per heavy atom. The molecule has 2 unspecified atom stereocenters. The van der Waals surface area contributed by atoms with Crippen LogP contribution < -0.4 is 5.32 Å². The number of halogens is 3. The Kier molecular flexibility index (Phi) is 3.30. The first-order valence-corrected chi connectivity index (χ1v) is 7.10. The highest BCUT2D eigenvalue weighted by Crippen LogP contribution is 2.61. The van der Waals surface area contributed by atoms with Crippen LogP contribution in [0.2, 0.25) is 0 Å². The number of alkyl halides is 3. The lowest BCUT2D eigenvalue weighted by atomic mass is 10.1. The van der Waals surface area contributed by atoms with Gasteiger partial charge in [-0.25, -0.2) is 9.97 Å². The Hall–Kier alpha value is -1.86. The summed E-state index contributed by atoms with van der Waals surface area (Å²) in [6, 6.07) is 0. The molecule has 1 N–H and O–H groups in total. The molecule has 5 nitrogen and oxygen atoms in total. The number of amides is 1. The molecule has 1 saturated carbocycles. The number of nitrogens with zero attached hydrogens (tertiary/aromatic N) is 3. The van der Waals surface area contributed by atoms with E-state index in [9.17, 15) is 18.0 Å². The van der Waals surface area contributed by atoms with Crippen molar-refractivity contribution < 1.29 is 18.0 Å². The first-order valence-electron chi connectivity index (χ1n) is 7.10. The van der Waals surface area contributed by atoms with Crippen molar-refractivity contribution in [2.24, 2.45) is 17.3 Å². The molecule has 2 fully saturated rings. The molecule has 1 aliphatic heterocycles. The fourth-order valence-corrected chi connectivity index (χ4v) is 3.18. The highest BCUT2D eigenvalue weighted by Gasteiger charge is 2.62. The van der Waals surface area contributed by atoms with Gasteiger partial charge in [-0.15, -0.1) is 0 Å². The molecule has 2 aliphatic rings. The van der Waals surface area contributed by atoms with E-state index in [-0.39, 0.29) is 18.3 Å². The zero-order valence-corrected chi connectivity index (χ0v) is 12.3. The summed E-state index contributed by atoms with van der Waals surface area (Å²) in [6.07, 6.45) is -2.87. The molecule has 22 heavy (non-hydrogen) atoms. The molecule has 8 heteroatoms. The summed E-state index contributed by atoms with van der Waals surface area (Å²) >= 11 is 0. The maximum atomic E-state index is 12.4. The SMILES string of the molecule is CC1(C)C2CN(C(=O)CNc3cnc(C(F)(F)F)cn3)CC21. The maximum Gasteiger partial charge on any atom is 0.434 e. The van der Waals surface area contributed by atoms with E-state index in [2.05, 4.69) is 29.1 Å². The molecule has 0 radical (unpaired) electrons. The van der Waals surface area contributed by atoms with Crippen molar-refractivity contribution in [3.8, 4) is 0 Å². The highest BCUT2D eigenvalue weighted by atomic mass is 19.4. The largest absolute Gasteiger partial charge is 0.434 e. The minimum absolute atomic E-state index is 0.0138. The summed E-state index contributed by atoms with van der Waals surface area (Å²) in [5, 5.41) is 2.72. The Bertz CT molecular complexity index is 571. The molecule has 2 atom stereocenters. The molecule has 2 heterocycles. The second-order valence-electron chi connectivity index (χ2n) is 6.47. The number of likely N-dealkylation sites (tertiary alicyclic amines) is 1. The standard InChI is InChI=1S/C14H17F3N4O/c1-13(2)8-6-21(7-9(8)13)12(22)5-20-11-4-18-10(3-19-11)14(15,16)17/h3-4,8-9H,5-7H2,1-2H3,(H,19,20). The summed E-state index contributed by atoms with van der Waals surface area (Å²) in [7, 11) is 0. The Morgan fingerprint density at radius 3 is 2.45 bits per heavy atom. The van der Waals surface area contributed by atoms with Crippen molar-refractivity contribution >= 4 is 11.7 Å². The Morgan fingerprint density at radius 1 is 1.32 bits per heavy atom.